The normalized spacial score (nSPS) is 11.6. The van der Waals surface area contributed by atoms with Crippen molar-refractivity contribution in [2.24, 2.45) is 0 Å². The van der Waals surface area contributed by atoms with E-state index in [9.17, 15) is 14.4 Å². The number of carbonyl (C=O) groups excluding carboxylic acids is 3. The van der Waals surface area contributed by atoms with Crippen molar-refractivity contribution < 1.29 is 19.1 Å². The van der Waals surface area contributed by atoms with Gasteiger partial charge < -0.3 is 20.7 Å². The number of hydrogen-bond acceptors (Lipinski definition) is 5. The Morgan fingerprint density at radius 3 is 2.07 bits per heavy atom. The maximum Gasteiger partial charge on any atom is 0.272 e. The van der Waals surface area contributed by atoms with Gasteiger partial charge in [-0.15, -0.1) is 11.8 Å². The number of carbonyl (C=O) groups is 3. The summed E-state index contributed by atoms with van der Waals surface area (Å²) in [6.45, 7) is 2.32. The molecule has 0 aromatic heterocycles. The van der Waals surface area contributed by atoms with E-state index in [0.717, 1.165) is 10.5 Å². The van der Waals surface area contributed by atoms with Crippen LogP contribution in [-0.4, -0.2) is 24.3 Å². The lowest BCUT2D eigenvalue weighted by molar-refractivity contribution is -0.116. The minimum atomic E-state index is -0.553. The SMILES string of the molecule is CCOc1ccccc1/C=C(/NC(=O)c1ccccc1)C(=O)Nc1cccc(SC(C(=O)Nc2ccccc2)c2ccccc2)c1. The van der Waals surface area contributed by atoms with E-state index in [1.165, 1.54) is 11.8 Å². The third-order valence-corrected chi connectivity index (χ3v) is 8.02. The van der Waals surface area contributed by atoms with E-state index in [1.54, 1.807) is 42.5 Å². The molecule has 0 saturated carbocycles. The van der Waals surface area contributed by atoms with E-state index >= 15 is 0 Å². The van der Waals surface area contributed by atoms with Crippen molar-refractivity contribution in [2.45, 2.75) is 17.1 Å². The molecule has 5 aromatic carbocycles. The third-order valence-electron chi connectivity index (χ3n) is 6.78. The minimum Gasteiger partial charge on any atom is -0.493 e. The molecule has 5 rings (SSSR count). The number of thioether (sulfide) groups is 1. The molecule has 0 saturated heterocycles. The van der Waals surface area contributed by atoms with E-state index in [1.807, 2.05) is 110 Å². The second-order valence-electron chi connectivity index (χ2n) is 10.1. The molecule has 1 unspecified atom stereocenters. The van der Waals surface area contributed by atoms with Gasteiger partial charge in [0.25, 0.3) is 11.8 Å². The van der Waals surface area contributed by atoms with Crippen molar-refractivity contribution in [1.29, 1.82) is 0 Å². The van der Waals surface area contributed by atoms with Gasteiger partial charge in [-0.3, -0.25) is 14.4 Å². The Morgan fingerprint density at radius 2 is 1.35 bits per heavy atom. The van der Waals surface area contributed by atoms with Crippen LogP contribution in [0.5, 0.6) is 5.75 Å². The molecule has 1 atom stereocenters. The highest BCUT2D eigenvalue weighted by Crippen LogP contribution is 2.37. The second kappa shape index (κ2) is 15.9. The average molecular weight is 628 g/mol. The Bertz CT molecular complexity index is 1810. The Morgan fingerprint density at radius 1 is 0.717 bits per heavy atom. The first-order chi connectivity index (χ1) is 22.5. The molecule has 7 nitrogen and oxygen atoms in total. The molecular weight excluding hydrogens is 595 g/mol. The fourth-order valence-corrected chi connectivity index (χ4v) is 5.68. The van der Waals surface area contributed by atoms with Crippen molar-refractivity contribution in [3.63, 3.8) is 0 Å². The molecule has 0 aliphatic carbocycles. The highest BCUT2D eigenvalue weighted by Gasteiger charge is 2.23. The van der Waals surface area contributed by atoms with Gasteiger partial charge in [0.15, 0.2) is 0 Å². The zero-order valence-electron chi connectivity index (χ0n) is 25.2. The van der Waals surface area contributed by atoms with Crippen molar-refractivity contribution in [2.75, 3.05) is 17.2 Å². The summed E-state index contributed by atoms with van der Waals surface area (Å²) in [7, 11) is 0. The zero-order valence-corrected chi connectivity index (χ0v) is 26.0. The molecule has 230 valence electrons. The van der Waals surface area contributed by atoms with Crippen LogP contribution in [0.3, 0.4) is 0 Å². The summed E-state index contributed by atoms with van der Waals surface area (Å²) < 4.78 is 5.75. The van der Waals surface area contributed by atoms with Gasteiger partial charge in [-0.25, -0.2) is 0 Å². The van der Waals surface area contributed by atoms with Gasteiger partial charge in [-0.2, -0.15) is 0 Å². The second-order valence-corrected chi connectivity index (χ2v) is 11.3. The summed E-state index contributed by atoms with van der Waals surface area (Å²) in [6.07, 6.45) is 1.60. The van der Waals surface area contributed by atoms with Crippen LogP contribution in [0.25, 0.3) is 6.08 Å². The molecule has 3 amide bonds. The molecule has 5 aromatic rings. The smallest absolute Gasteiger partial charge is 0.272 e. The first kappa shape index (κ1) is 31.8. The highest BCUT2D eigenvalue weighted by molar-refractivity contribution is 8.00. The molecule has 0 fully saturated rings. The van der Waals surface area contributed by atoms with Crippen LogP contribution in [0.15, 0.2) is 150 Å². The lowest BCUT2D eigenvalue weighted by Crippen LogP contribution is -2.30. The quantitative estimate of drug-likeness (QED) is 0.0963. The molecule has 3 N–H and O–H groups in total. The topological polar surface area (TPSA) is 96.5 Å². The first-order valence-corrected chi connectivity index (χ1v) is 15.7. The summed E-state index contributed by atoms with van der Waals surface area (Å²) in [6, 6.07) is 42.1. The van der Waals surface area contributed by atoms with Crippen molar-refractivity contribution in [3.05, 3.63) is 162 Å². The predicted molar refractivity (Wildman–Crippen MR) is 185 cm³/mol. The van der Waals surface area contributed by atoms with Crippen LogP contribution in [-0.2, 0) is 9.59 Å². The molecule has 0 spiro atoms. The molecule has 0 radical (unpaired) electrons. The molecule has 0 bridgehead atoms. The largest absolute Gasteiger partial charge is 0.493 e. The van der Waals surface area contributed by atoms with E-state index in [2.05, 4.69) is 16.0 Å². The molecule has 46 heavy (non-hydrogen) atoms. The summed E-state index contributed by atoms with van der Waals surface area (Å²) in [4.78, 5) is 41.1. The number of para-hydroxylation sites is 2. The van der Waals surface area contributed by atoms with E-state index in [4.69, 9.17) is 4.74 Å². The number of nitrogens with one attached hydrogen (secondary N) is 3. The monoisotopic (exact) mass is 627 g/mol. The average Bonchev–Trinajstić information content (AvgIpc) is 3.09. The Kier molecular flexibility index (Phi) is 11.0. The maximum atomic E-state index is 13.7. The van der Waals surface area contributed by atoms with Crippen LogP contribution >= 0.6 is 11.8 Å². The lowest BCUT2D eigenvalue weighted by Gasteiger charge is -2.18. The third kappa shape index (κ3) is 8.74. The van der Waals surface area contributed by atoms with Crippen LogP contribution in [0.2, 0.25) is 0 Å². The fourth-order valence-electron chi connectivity index (χ4n) is 4.60. The van der Waals surface area contributed by atoms with Gasteiger partial charge in [-0.1, -0.05) is 91.0 Å². The van der Waals surface area contributed by atoms with Gasteiger partial charge in [0.2, 0.25) is 5.91 Å². The van der Waals surface area contributed by atoms with Crippen LogP contribution in [0, 0.1) is 0 Å². The molecule has 0 aliphatic rings. The molecule has 0 aliphatic heterocycles. The molecule has 0 heterocycles. The molecular formula is C38H33N3O4S. The van der Waals surface area contributed by atoms with Crippen molar-refractivity contribution in [1.82, 2.24) is 5.32 Å². The maximum absolute atomic E-state index is 13.7. The van der Waals surface area contributed by atoms with E-state index in [0.29, 0.717) is 34.9 Å². The Labute approximate surface area is 272 Å². The van der Waals surface area contributed by atoms with Gasteiger partial charge in [0.1, 0.15) is 16.7 Å². The van der Waals surface area contributed by atoms with Crippen molar-refractivity contribution >= 4 is 46.9 Å². The van der Waals surface area contributed by atoms with E-state index in [-0.39, 0.29) is 11.6 Å². The summed E-state index contributed by atoms with van der Waals surface area (Å²) in [5.74, 6) is -0.517. The lowest BCUT2D eigenvalue weighted by atomic mass is 10.1. The van der Waals surface area contributed by atoms with E-state index < -0.39 is 17.1 Å². The summed E-state index contributed by atoms with van der Waals surface area (Å²) in [5, 5.41) is 8.14. The number of rotatable bonds is 12. The summed E-state index contributed by atoms with van der Waals surface area (Å²) >= 11 is 1.37. The predicted octanol–water partition coefficient (Wildman–Crippen LogP) is 7.97. The summed E-state index contributed by atoms with van der Waals surface area (Å²) in [5.41, 5.74) is 3.16. The van der Waals surface area contributed by atoms with Crippen LogP contribution < -0.4 is 20.7 Å². The van der Waals surface area contributed by atoms with Gasteiger partial charge in [0.05, 0.1) is 6.61 Å². The first-order valence-electron chi connectivity index (χ1n) is 14.8. The van der Waals surface area contributed by atoms with Crippen LogP contribution in [0.1, 0.15) is 33.7 Å². The molecule has 8 heteroatoms. The fraction of sp³-hybridized carbons (Fsp3) is 0.0789. The number of ether oxygens (including phenoxy) is 1. The van der Waals surface area contributed by atoms with Gasteiger partial charge in [-0.05, 0) is 67.1 Å². The Hall–Kier alpha value is -5.60. The van der Waals surface area contributed by atoms with Crippen LogP contribution in [0.4, 0.5) is 11.4 Å². The highest BCUT2D eigenvalue weighted by atomic mass is 32.2. The van der Waals surface area contributed by atoms with Crippen molar-refractivity contribution in [3.8, 4) is 5.75 Å². The standard InChI is InChI=1S/C38H33N3O4S/c1-2-45-34-24-13-12-19-29(34)25-33(41-36(42)28-17-8-4-9-18-28)37(43)40-31-22-14-23-32(26-31)46-35(27-15-6-3-7-16-27)38(44)39-30-20-10-5-11-21-30/h3-26,35H,2H2,1H3,(H,39,44)(H,40,43)(H,41,42)/b33-25+. The number of amides is 3. The minimum absolute atomic E-state index is 0.0449. The zero-order chi connectivity index (χ0) is 32.1. The van der Waals surface area contributed by atoms with Gasteiger partial charge >= 0.3 is 0 Å². The number of benzene rings is 5. The Balaban J connectivity index is 1.39. The van der Waals surface area contributed by atoms with Gasteiger partial charge in [0, 0.05) is 27.4 Å². The number of hydrogen-bond donors (Lipinski definition) is 3. The number of anilines is 2.